The highest BCUT2D eigenvalue weighted by Crippen LogP contribution is 2.20. The molecule has 2 unspecified atom stereocenters. The van der Waals surface area contributed by atoms with Crippen molar-refractivity contribution in [3.8, 4) is 0 Å². The molecule has 1 aliphatic rings. The maximum absolute atomic E-state index is 11.2. The van der Waals surface area contributed by atoms with Crippen LogP contribution in [-0.4, -0.2) is 23.3 Å². The molecule has 1 aliphatic heterocycles. The van der Waals surface area contributed by atoms with Crippen molar-refractivity contribution in [3.63, 3.8) is 0 Å². The van der Waals surface area contributed by atoms with Crippen molar-refractivity contribution in [2.45, 2.75) is 96.2 Å². The highest BCUT2D eigenvalue weighted by molar-refractivity contribution is 5.75. The Hall–Kier alpha value is -0.570. The summed E-state index contributed by atoms with van der Waals surface area (Å²) in [6, 6.07) is 0. The van der Waals surface area contributed by atoms with Crippen LogP contribution < -0.4 is 0 Å². The van der Waals surface area contributed by atoms with Crippen LogP contribution in [0, 0.1) is 0 Å². The number of cyclic esters (lactones) is 1. The van der Waals surface area contributed by atoms with Crippen molar-refractivity contribution in [1.82, 2.24) is 0 Å². The van der Waals surface area contributed by atoms with Gasteiger partial charge in [0.2, 0.25) is 0 Å². The lowest BCUT2D eigenvalue weighted by Crippen LogP contribution is -2.34. The van der Waals surface area contributed by atoms with E-state index in [1.54, 1.807) is 0 Å². The molecular formula is C16H30O3. The van der Waals surface area contributed by atoms with E-state index in [1.165, 1.54) is 51.4 Å². The lowest BCUT2D eigenvalue weighted by Gasteiger charge is -2.25. The van der Waals surface area contributed by atoms with Gasteiger partial charge in [0.15, 0.2) is 6.10 Å². The van der Waals surface area contributed by atoms with E-state index in [-0.39, 0.29) is 6.10 Å². The van der Waals surface area contributed by atoms with E-state index in [2.05, 4.69) is 6.92 Å². The number of carbonyl (C=O) groups is 1. The van der Waals surface area contributed by atoms with Gasteiger partial charge < -0.3 is 9.84 Å². The normalized spacial score (nSPS) is 23.4. The molecule has 0 spiro atoms. The number of unbranched alkanes of at least 4 members (excludes halogenated alkanes) is 8. The van der Waals surface area contributed by atoms with Crippen LogP contribution >= 0.6 is 0 Å². The number of ether oxygens (including phenoxy) is 1. The first kappa shape index (κ1) is 16.5. The topological polar surface area (TPSA) is 46.5 Å². The fourth-order valence-electron chi connectivity index (χ4n) is 2.65. The Morgan fingerprint density at radius 1 is 1.00 bits per heavy atom. The highest BCUT2D eigenvalue weighted by Gasteiger charge is 2.27. The molecule has 1 saturated heterocycles. The molecule has 0 amide bonds. The summed E-state index contributed by atoms with van der Waals surface area (Å²) in [5.41, 5.74) is 0. The van der Waals surface area contributed by atoms with E-state index in [1.807, 2.05) is 0 Å². The lowest BCUT2D eigenvalue weighted by atomic mass is 10.0. The zero-order valence-corrected chi connectivity index (χ0v) is 12.4. The standard InChI is InChI=1S/C16H30O3/c1-2-3-4-5-6-7-8-9-10-11-14-12-13-15(17)16(18)19-14/h14-15,17H,2-13H2,1H3. The van der Waals surface area contributed by atoms with Crippen molar-refractivity contribution >= 4 is 5.97 Å². The molecule has 0 aliphatic carbocycles. The van der Waals surface area contributed by atoms with Gasteiger partial charge in [0.1, 0.15) is 6.10 Å². The number of esters is 1. The quantitative estimate of drug-likeness (QED) is 0.482. The van der Waals surface area contributed by atoms with Crippen molar-refractivity contribution in [2.75, 3.05) is 0 Å². The molecule has 0 bridgehead atoms. The molecule has 0 radical (unpaired) electrons. The van der Waals surface area contributed by atoms with Gasteiger partial charge in [-0.15, -0.1) is 0 Å². The van der Waals surface area contributed by atoms with Crippen molar-refractivity contribution < 1.29 is 14.6 Å². The van der Waals surface area contributed by atoms with E-state index in [4.69, 9.17) is 4.74 Å². The molecule has 19 heavy (non-hydrogen) atoms. The van der Waals surface area contributed by atoms with Crippen molar-refractivity contribution in [2.24, 2.45) is 0 Å². The van der Waals surface area contributed by atoms with Gasteiger partial charge in [0.05, 0.1) is 0 Å². The minimum absolute atomic E-state index is 0.0560. The van der Waals surface area contributed by atoms with Crippen molar-refractivity contribution in [3.05, 3.63) is 0 Å². The first-order valence-corrected chi connectivity index (χ1v) is 8.12. The van der Waals surface area contributed by atoms with E-state index >= 15 is 0 Å². The maximum Gasteiger partial charge on any atom is 0.335 e. The monoisotopic (exact) mass is 270 g/mol. The second kappa shape index (κ2) is 10.2. The zero-order valence-electron chi connectivity index (χ0n) is 12.4. The summed E-state index contributed by atoms with van der Waals surface area (Å²) in [5, 5.41) is 9.25. The van der Waals surface area contributed by atoms with Crippen LogP contribution in [0.15, 0.2) is 0 Å². The number of hydrogen-bond donors (Lipinski definition) is 1. The number of rotatable bonds is 10. The average Bonchev–Trinajstić information content (AvgIpc) is 2.41. The number of aliphatic hydroxyl groups excluding tert-OH is 1. The second-order valence-electron chi connectivity index (χ2n) is 5.77. The highest BCUT2D eigenvalue weighted by atomic mass is 16.6. The molecule has 2 atom stereocenters. The summed E-state index contributed by atoms with van der Waals surface area (Å²) in [7, 11) is 0. The molecule has 0 aromatic heterocycles. The molecule has 0 aromatic rings. The molecule has 1 rings (SSSR count). The largest absolute Gasteiger partial charge is 0.460 e. The summed E-state index contributed by atoms with van der Waals surface area (Å²) in [4.78, 5) is 11.2. The number of carbonyl (C=O) groups excluding carboxylic acids is 1. The van der Waals surface area contributed by atoms with Gasteiger partial charge in [-0.25, -0.2) is 4.79 Å². The van der Waals surface area contributed by atoms with Gasteiger partial charge in [-0.2, -0.15) is 0 Å². The van der Waals surface area contributed by atoms with E-state index < -0.39 is 12.1 Å². The molecule has 112 valence electrons. The Balaban J connectivity index is 1.87. The van der Waals surface area contributed by atoms with Gasteiger partial charge in [0, 0.05) is 0 Å². The predicted octanol–water partition coefficient (Wildman–Crippen LogP) is 3.97. The van der Waals surface area contributed by atoms with Crippen LogP contribution in [0.2, 0.25) is 0 Å². The van der Waals surface area contributed by atoms with Crippen LogP contribution in [0.3, 0.4) is 0 Å². The van der Waals surface area contributed by atoms with E-state index in [0.717, 1.165) is 19.3 Å². The maximum atomic E-state index is 11.2. The third kappa shape index (κ3) is 7.56. The smallest absolute Gasteiger partial charge is 0.335 e. The van der Waals surface area contributed by atoms with E-state index in [0.29, 0.717) is 6.42 Å². The molecule has 3 heteroatoms. The molecule has 1 N–H and O–H groups in total. The van der Waals surface area contributed by atoms with Gasteiger partial charge in [-0.1, -0.05) is 58.3 Å². The van der Waals surface area contributed by atoms with Gasteiger partial charge in [0.25, 0.3) is 0 Å². The molecular weight excluding hydrogens is 240 g/mol. The summed E-state index contributed by atoms with van der Waals surface area (Å²) in [6.45, 7) is 2.25. The molecule has 0 aromatic carbocycles. The minimum atomic E-state index is -0.876. The van der Waals surface area contributed by atoms with Gasteiger partial charge in [-0.3, -0.25) is 0 Å². The first-order valence-electron chi connectivity index (χ1n) is 8.12. The Bertz CT molecular complexity index is 240. The van der Waals surface area contributed by atoms with Crippen LogP contribution in [0.4, 0.5) is 0 Å². The third-order valence-electron chi connectivity index (χ3n) is 3.95. The zero-order chi connectivity index (χ0) is 13.9. The second-order valence-corrected chi connectivity index (χ2v) is 5.77. The molecule has 3 nitrogen and oxygen atoms in total. The first-order chi connectivity index (χ1) is 9.24. The predicted molar refractivity (Wildman–Crippen MR) is 77.0 cm³/mol. The fourth-order valence-corrected chi connectivity index (χ4v) is 2.65. The molecule has 1 fully saturated rings. The Morgan fingerprint density at radius 2 is 1.58 bits per heavy atom. The number of aliphatic hydroxyl groups is 1. The average molecular weight is 270 g/mol. The lowest BCUT2D eigenvalue weighted by molar-refractivity contribution is -0.167. The van der Waals surface area contributed by atoms with Gasteiger partial charge in [-0.05, 0) is 25.7 Å². The molecule has 0 saturated carbocycles. The minimum Gasteiger partial charge on any atom is -0.460 e. The Labute approximate surface area is 117 Å². The van der Waals surface area contributed by atoms with Crippen LogP contribution in [0.25, 0.3) is 0 Å². The van der Waals surface area contributed by atoms with Crippen molar-refractivity contribution in [1.29, 1.82) is 0 Å². The van der Waals surface area contributed by atoms with Crippen LogP contribution in [-0.2, 0) is 9.53 Å². The SMILES string of the molecule is CCCCCCCCCCCC1CCC(O)C(=O)O1. The fraction of sp³-hybridized carbons (Fsp3) is 0.938. The molecule has 1 heterocycles. The summed E-state index contributed by atoms with van der Waals surface area (Å²) >= 11 is 0. The van der Waals surface area contributed by atoms with Gasteiger partial charge >= 0.3 is 5.97 Å². The third-order valence-corrected chi connectivity index (χ3v) is 3.95. The van der Waals surface area contributed by atoms with Crippen LogP contribution in [0.1, 0.15) is 84.0 Å². The Kier molecular flexibility index (Phi) is 8.89. The Morgan fingerprint density at radius 3 is 2.16 bits per heavy atom. The van der Waals surface area contributed by atoms with E-state index in [9.17, 15) is 9.90 Å². The number of hydrogen-bond acceptors (Lipinski definition) is 3. The van der Waals surface area contributed by atoms with Crippen LogP contribution in [0.5, 0.6) is 0 Å². The summed E-state index contributed by atoms with van der Waals surface area (Å²) in [5.74, 6) is -0.424. The summed E-state index contributed by atoms with van der Waals surface area (Å²) < 4.78 is 5.18. The summed E-state index contributed by atoms with van der Waals surface area (Å²) in [6.07, 6.45) is 13.4.